The number of Topliss-reactive ketones (excluding diaryl/α,β-unsaturated/α-hetero) is 1. The van der Waals surface area contributed by atoms with E-state index in [1.165, 1.54) is 4.90 Å². The summed E-state index contributed by atoms with van der Waals surface area (Å²) in [5, 5.41) is 10.2. The molecule has 6 N–H and O–H groups in total. The Morgan fingerprint density at radius 2 is 1.59 bits per heavy atom. The van der Waals surface area contributed by atoms with Gasteiger partial charge in [-0.3, -0.25) is 28.8 Å². The van der Waals surface area contributed by atoms with Crippen molar-refractivity contribution in [3.8, 4) is 0 Å². The molecule has 2 fully saturated rings. The number of primary amides is 1. The Balaban J connectivity index is 1.69. The van der Waals surface area contributed by atoms with Gasteiger partial charge in [0.15, 0.2) is 0 Å². The minimum Gasteiger partial charge on any atom is -0.449 e. The molecule has 5 atom stereocenters. The molecule has 1 aromatic carbocycles. The fraction of sp³-hybridized carbons (Fsp3) is 0.667. The van der Waals surface area contributed by atoms with Crippen LogP contribution in [-0.4, -0.2) is 96.3 Å². The highest BCUT2D eigenvalue weighted by Crippen LogP contribution is 2.27. The van der Waals surface area contributed by atoms with Crippen molar-refractivity contribution in [2.75, 3.05) is 19.7 Å². The lowest BCUT2D eigenvalue weighted by molar-refractivity contribution is -0.143. The minimum atomic E-state index is -1.25. The number of nitrogens with one attached hydrogen (secondary N) is 4. The van der Waals surface area contributed by atoms with Crippen LogP contribution in [0.3, 0.4) is 0 Å². The molecular formula is C39H60N6O9. The summed E-state index contributed by atoms with van der Waals surface area (Å²) in [7, 11) is 0. The maximum Gasteiger partial charge on any atom is 0.407 e. The van der Waals surface area contributed by atoms with Crippen LogP contribution in [0.25, 0.3) is 0 Å². The van der Waals surface area contributed by atoms with Crippen LogP contribution >= 0.6 is 0 Å². The molecule has 0 aromatic heterocycles. The smallest absolute Gasteiger partial charge is 0.407 e. The first-order valence-electron chi connectivity index (χ1n) is 19.3. The van der Waals surface area contributed by atoms with E-state index in [0.29, 0.717) is 12.8 Å². The van der Waals surface area contributed by atoms with Crippen LogP contribution in [0.4, 0.5) is 4.79 Å². The third-order valence-corrected chi connectivity index (χ3v) is 9.75. The van der Waals surface area contributed by atoms with Crippen molar-refractivity contribution in [1.29, 1.82) is 0 Å². The van der Waals surface area contributed by atoms with Crippen LogP contribution in [0, 0.1) is 17.8 Å². The molecule has 1 aliphatic carbocycles. The largest absolute Gasteiger partial charge is 0.449 e. The highest BCUT2D eigenvalue weighted by Gasteiger charge is 2.44. The quantitative estimate of drug-likeness (QED) is 0.123. The van der Waals surface area contributed by atoms with Gasteiger partial charge in [0.1, 0.15) is 18.1 Å². The molecule has 0 radical (unpaired) electrons. The Morgan fingerprint density at radius 3 is 2.20 bits per heavy atom. The molecule has 15 nitrogen and oxygen atoms in total. The van der Waals surface area contributed by atoms with E-state index in [9.17, 15) is 33.6 Å². The second-order valence-electron chi connectivity index (χ2n) is 15.2. The average molecular weight is 757 g/mol. The molecule has 1 saturated carbocycles. The normalized spacial score (nSPS) is 19.1. The number of nitrogens with two attached hydrogens (primary N) is 1. The van der Waals surface area contributed by atoms with Gasteiger partial charge in [0.2, 0.25) is 29.4 Å². The van der Waals surface area contributed by atoms with E-state index in [0.717, 1.165) is 37.7 Å². The van der Waals surface area contributed by atoms with E-state index < -0.39 is 78.2 Å². The first-order valence-corrected chi connectivity index (χ1v) is 19.3. The summed E-state index contributed by atoms with van der Waals surface area (Å²) in [6.45, 7) is 8.96. The third-order valence-electron chi connectivity index (χ3n) is 9.75. The fourth-order valence-electron chi connectivity index (χ4n) is 6.78. The molecule has 1 saturated heterocycles. The number of likely N-dealkylation sites (tertiary alicyclic amines) is 1. The van der Waals surface area contributed by atoms with Gasteiger partial charge in [-0.05, 0) is 36.2 Å². The van der Waals surface area contributed by atoms with Crippen LogP contribution < -0.4 is 27.0 Å². The monoisotopic (exact) mass is 756 g/mol. The van der Waals surface area contributed by atoms with Crippen molar-refractivity contribution in [3.63, 3.8) is 0 Å². The second kappa shape index (κ2) is 22.0. The molecule has 1 aromatic rings. The van der Waals surface area contributed by atoms with Gasteiger partial charge in [-0.25, -0.2) is 4.79 Å². The molecular weight excluding hydrogens is 696 g/mol. The first kappa shape index (κ1) is 43.9. The molecule has 6 amide bonds. The predicted molar refractivity (Wildman–Crippen MR) is 200 cm³/mol. The van der Waals surface area contributed by atoms with Crippen LogP contribution in [0.15, 0.2) is 30.3 Å². The summed E-state index contributed by atoms with van der Waals surface area (Å²) in [5.41, 5.74) is 6.44. The maximum absolute atomic E-state index is 14.1. The summed E-state index contributed by atoms with van der Waals surface area (Å²) >= 11 is 0. The van der Waals surface area contributed by atoms with Gasteiger partial charge < -0.3 is 41.4 Å². The number of nitrogens with zero attached hydrogens (tertiary/aromatic N) is 1. The zero-order chi connectivity index (χ0) is 39.8. The Bertz CT molecular complexity index is 1430. The molecule has 1 aliphatic heterocycles. The number of ketones is 1. The Morgan fingerprint density at radius 1 is 0.907 bits per heavy atom. The van der Waals surface area contributed by atoms with Gasteiger partial charge in [0.25, 0.3) is 5.91 Å². The zero-order valence-electron chi connectivity index (χ0n) is 32.4. The van der Waals surface area contributed by atoms with Gasteiger partial charge in [0, 0.05) is 13.0 Å². The van der Waals surface area contributed by atoms with Crippen LogP contribution in [0.1, 0.15) is 98.0 Å². The van der Waals surface area contributed by atoms with E-state index in [-0.39, 0.29) is 50.4 Å². The van der Waals surface area contributed by atoms with E-state index in [1.54, 1.807) is 20.8 Å². The number of carbonyl (C=O) groups excluding carboxylic acids is 7. The van der Waals surface area contributed by atoms with Crippen molar-refractivity contribution in [3.05, 3.63) is 35.9 Å². The van der Waals surface area contributed by atoms with E-state index >= 15 is 0 Å². The third kappa shape index (κ3) is 14.0. The zero-order valence-corrected chi connectivity index (χ0v) is 32.4. The summed E-state index contributed by atoms with van der Waals surface area (Å²) in [6, 6.07) is 5.18. The molecule has 0 bridgehead atoms. The Labute approximate surface area is 318 Å². The molecule has 2 aliphatic rings. The summed E-state index contributed by atoms with van der Waals surface area (Å²) < 4.78 is 11.4. The van der Waals surface area contributed by atoms with E-state index in [2.05, 4.69) is 21.3 Å². The molecule has 3 rings (SSSR count). The van der Waals surface area contributed by atoms with Crippen molar-refractivity contribution < 1.29 is 43.0 Å². The predicted octanol–water partition coefficient (Wildman–Crippen LogP) is 2.49. The highest BCUT2D eigenvalue weighted by molar-refractivity contribution is 6.38. The molecule has 1 heterocycles. The van der Waals surface area contributed by atoms with Gasteiger partial charge in [-0.1, -0.05) is 103 Å². The first-order chi connectivity index (χ1) is 25.7. The fourth-order valence-corrected chi connectivity index (χ4v) is 6.78. The van der Waals surface area contributed by atoms with E-state index in [4.69, 9.17) is 15.2 Å². The molecule has 300 valence electrons. The van der Waals surface area contributed by atoms with Crippen LogP contribution in [0.5, 0.6) is 0 Å². The highest BCUT2D eigenvalue weighted by atomic mass is 16.5. The lowest BCUT2D eigenvalue weighted by Gasteiger charge is -2.31. The number of hydrogen-bond acceptors (Lipinski definition) is 9. The lowest BCUT2D eigenvalue weighted by atomic mass is 9.84. The number of ether oxygens (including phenoxy) is 2. The molecule has 0 spiro atoms. The standard InChI is InChI=1S/C39H60N6O9/c1-6-13-29(34(47)37(50)41-20-32(46)42-30(35(40)48)18-26-14-9-7-10-15-26)43-36(49)31-19-28(53-23-27-16-11-8-12-17-27)21-45(31)38(51)33(25(4)5)44-39(52)54-22-24(2)3/h8,11-12,16-17,24-26,28-31,33H,6-7,9-10,13-15,18-23H2,1-5H3,(H2,40,48)(H,41,50)(H,42,46)(H,43,49)(H,44,52). The van der Waals surface area contributed by atoms with Crippen molar-refractivity contribution in [2.45, 2.75) is 129 Å². The van der Waals surface area contributed by atoms with Gasteiger partial charge in [-0.2, -0.15) is 0 Å². The average Bonchev–Trinajstić information content (AvgIpc) is 3.58. The number of alkyl carbamates (subject to hydrolysis) is 1. The maximum atomic E-state index is 14.1. The number of carbonyl (C=O) groups is 7. The Hall–Kier alpha value is -4.53. The minimum absolute atomic E-state index is 0.0464. The lowest BCUT2D eigenvalue weighted by Crippen LogP contribution is -2.57. The van der Waals surface area contributed by atoms with E-state index in [1.807, 2.05) is 44.2 Å². The summed E-state index contributed by atoms with van der Waals surface area (Å²) in [5.74, 6) is -4.58. The van der Waals surface area contributed by atoms with Gasteiger partial charge in [0.05, 0.1) is 31.9 Å². The number of amides is 6. The van der Waals surface area contributed by atoms with Crippen LogP contribution in [-0.2, 0) is 44.8 Å². The number of rotatable bonds is 20. The molecule has 15 heteroatoms. The number of benzene rings is 1. The number of hydrogen-bond donors (Lipinski definition) is 5. The van der Waals surface area contributed by atoms with Crippen molar-refractivity contribution in [2.24, 2.45) is 23.5 Å². The van der Waals surface area contributed by atoms with Crippen molar-refractivity contribution >= 4 is 41.4 Å². The summed E-state index contributed by atoms with van der Waals surface area (Å²) in [4.78, 5) is 93.0. The topological polar surface area (TPSA) is 215 Å². The van der Waals surface area contributed by atoms with Crippen molar-refractivity contribution in [1.82, 2.24) is 26.2 Å². The van der Waals surface area contributed by atoms with Gasteiger partial charge >= 0.3 is 6.09 Å². The molecule has 54 heavy (non-hydrogen) atoms. The molecule has 5 unspecified atom stereocenters. The SMILES string of the molecule is CCCC(NC(=O)C1CC(OCc2ccccc2)CN1C(=O)C(NC(=O)OCC(C)C)C(C)C)C(=O)C(=O)NCC(=O)NC(CC1CCCCC1)C(N)=O. The van der Waals surface area contributed by atoms with Crippen LogP contribution in [0.2, 0.25) is 0 Å². The Kier molecular flexibility index (Phi) is 17.9. The summed E-state index contributed by atoms with van der Waals surface area (Å²) in [6.07, 6.45) is 4.91. The second-order valence-corrected chi connectivity index (χ2v) is 15.2. The van der Waals surface area contributed by atoms with Gasteiger partial charge in [-0.15, -0.1) is 0 Å².